The number of benzene rings is 1. The Morgan fingerprint density at radius 1 is 1.10 bits per heavy atom. The summed E-state index contributed by atoms with van der Waals surface area (Å²) in [6, 6.07) is 10.1. The van der Waals surface area contributed by atoms with Crippen LogP contribution in [-0.2, 0) is 11.3 Å². The maximum Gasteiger partial charge on any atom is 0.0900 e. The highest BCUT2D eigenvalue weighted by Crippen LogP contribution is 2.04. The van der Waals surface area contributed by atoms with E-state index in [9.17, 15) is 5.11 Å². The van der Waals surface area contributed by atoms with Gasteiger partial charge in [0.05, 0.1) is 19.3 Å². The van der Waals surface area contributed by atoms with Crippen molar-refractivity contribution in [2.24, 2.45) is 0 Å². The molecule has 0 radical (unpaired) electrons. The van der Waals surface area contributed by atoms with E-state index >= 15 is 0 Å². The normalized spacial score (nSPS) is 18.2. The summed E-state index contributed by atoms with van der Waals surface area (Å²) in [5.74, 6) is 0. The van der Waals surface area contributed by atoms with Gasteiger partial charge in [0.15, 0.2) is 0 Å². The van der Waals surface area contributed by atoms with Crippen LogP contribution in [0, 0.1) is 0 Å². The second kappa shape index (κ2) is 10.1. The van der Waals surface area contributed by atoms with Gasteiger partial charge in [-0.3, -0.25) is 4.90 Å². The monoisotopic (exact) mass is 314 g/mol. The molecular weight excluding hydrogens is 288 g/mol. The highest BCUT2D eigenvalue weighted by atomic mass is 35.5. The Labute approximate surface area is 134 Å². The lowest BCUT2D eigenvalue weighted by atomic mass is 10.2. The van der Waals surface area contributed by atoms with Gasteiger partial charge in [0.2, 0.25) is 0 Å². The molecule has 21 heavy (non-hydrogen) atoms. The predicted octanol–water partition coefficient (Wildman–Crippen LogP) is 1.62. The van der Waals surface area contributed by atoms with Crippen LogP contribution >= 0.6 is 12.4 Å². The van der Waals surface area contributed by atoms with E-state index < -0.39 is 6.10 Å². The van der Waals surface area contributed by atoms with Crippen LogP contribution in [-0.4, -0.2) is 66.9 Å². The number of rotatable bonds is 7. The van der Waals surface area contributed by atoms with E-state index in [0.29, 0.717) is 19.8 Å². The molecule has 1 saturated heterocycles. The Morgan fingerprint density at radius 2 is 1.71 bits per heavy atom. The minimum atomic E-state index is -0.396. The molecule has 1 atom stereocenters. The largest absolute Gasteiger partial charge is 0.389 e. The Morgan fingerprint density at radius 3 is 2.33 bits per heavy atom. The third kappa shape index (κ3) is 6.76. The first-order valence-corrected chi connectivity index (χ1v) is 7.52. The number of piperazine rings is 1. The molecule has 5 heteroatoms. The molecule has 1 fully saturated rings. The van der Waals surface area contributed by atoms with Crippen LogP contribution < -0.4 is 0 Å². The summed E-state index contributed by atoms with van der Waals surface area (Å²) >= 11 is 0. The van der Waals surface area contributed by atoms with Crippen molar-refractivity contribution in [1.82, 2.24) is 9.80 Å². The van der Waals surface area contributed by atoms with Gasteiger partial charge in [-0.1, -0.05) is 37.3 Å². The van der Waals surface area contributed by atoms with Gasteiger partial charge in [-0.15, -0.1) is 12.4 Å². The van der Waals surface area contributed by atoms with Crippen molar-refractivity contribution < 1.29 is 9.84 Å². The second-order valence-corrected chi connectivity index (χ2v) is 5.39. The number of halogens is 1. The Hall–Kier alpha value is -0.650. The summed E-state index contributed by atoms with van der Waals surface area (Å²) in [4.78, 5) is 4.76. The zero-order valence-electron chi connectivity index (χ0n) is 12.8. The minimum Gasteiger partial charge on any atom is -0.389 e. The molecule has 1 heterocycles. The summed E-state index contributed by atoms with van der Waals surface area (Å²) < 4.78 is 5.58. The number of aliphatic hydroxyl groups is 1. The number of ether oxygens (including phenoxy) is 1. The van der Waals surface area contributed by atoms with Crippen molar-refractivity contribution in [3.63, 3.8) is 0 Å². The number of β-amino-alcohol motifs (C(OH)–C–C–N with tert-alkyl or cyclic N) is 1. The molecule has 120 valence electrons. The lowest BCUT2D eigenvalue weighted by Gasteiger charge is -2.34. The predicted molar refractivity (Wildman–Crippen MR) is 87.9 cm³/mol. The van der Waals surface area contributed by atoms with Gasteiger partial charge < -0.3 is 14.7 Å². The van der Waals surface area contributed by atoms with Crippen molar-refractivity contribution in [2.45, 2.75) is 19.6 Å². The van der Waals surface area contributed by atoms with Crippen LogP contribution in [0.5, 0.6) is 0 Å². The molecule has 1 aliphatic rings. The fraction of sp³-hybridized carbons (Fsp3) is 0.625. The molecule has 0 aliphatic carbocycles. The van der Waals surface area contributed by atoms with E-state index in [1.807, 2.05) is 30.3 Å². The third-order valence-corrected chi connectivity index (χ3v) is 3.80. The fourth-order valence-corrected chi connectivity index (χ4v) is 2.53. The number of hydrogen-bond acceptors (Lipinski definition) is 4. The lowest BCUT2D eigenvalue weighted by Crippen LogP contribution is -2.48. The van der Waals surface area contributed by atoms with E-state index in [1.54, 1.807) is 0 Å². The van der Waals surface area contributed by atoms with Crippen molar-refractivity contribution in [1.29, 1.82) is 0 Å². The summed E-state index contributed by atoms with van der Waals surface area (Å²) in [7, 11) is 0. The smallest absolute Gasteiger partial charge is 0.0900 e. The fourth-order valence-electron chi connectivity index (χ4n) is 2.53. The average molecular weight is 315 g/mol. The minimum absolute atomic E-state index is 0. The summed E-state index contributed by atoms with van der Waals surface area (Å²) in [5, 5.41) is 10.0. The van der Waals surface area contributed by atoms with Gasteiger partial charge in [-0.25, -0.2) is 0 Å². The van der Waals surface area contributed by atoms with Crippen molar-refractivity contribution in [2.75, 3.05) is 45.9 Å². The Kier molecular flexibility index (Phi) is 8.88. The molecular formula is C16H27ClN2O2. The SMILES string of the molecule is CCN1CCN(CC(O)COCc2ccccc2)CC1.Cl. The molecule has 1 unspecified atom stereocenters. The molecule has 0 amide bonds. The number of nitrogens with zero attached hydrogens (tertiary/aromatic N) is 2. The first-order chi connectivity index (χ1) is 9.78. The lowest BCUT2D eigenvalue weighted by molar-refractivity contribution is 0.00177. The molecule has 1 N–H and O–H groups in total. The first-order valence-electron chi connectivity index (χ1n) is 7.52. The van der Waals surface area contributed by atoms with E-state index in [1.165, 1.54) is 0 Å². The van der Waals surface area contributed by atoms with E-state index in [4.69, 9.17) is 4.74 Å². The van der Waals surface area contributed by atoms with Crippen molar-refractivity contribution in [3.8, 4) is 0 Å². The molecule has 0 bridgehead atoms. The van der Waals surface area contributed by atoms with Gasteiger partial charge >= 0.3 is 0 Å². The zero-order valence-corrected chi connectivity index (χ0v) is 13.6. The third-order valence-electron chi connectivity index (χ3n) is 3.80. The Bertz CT molecular complexity index is 370. The molecule has 1 aromatic carbocycles. The van der Waals surface area contributed by atoms with Crippen molar-refractivity contribution in [3.05, 3.63) is 35.9 Å². The van der Waals surface area contributed by atoms with Gasteiger partial charge in [-0.05, 0) is 12.1 Å². The molecule has 1 aromatic rings. The first kappa shape index (κ1) is 18.4. The molecule has 4 nitrogen and oxygen atoms in total. The summed E-state index contributed by atoms with van der Waals surface area (Å²) in [5.41, 5.74) is 1.15. The Balaban J connectivity index is 0.00000220. The maximum atomic E-state index is 10.0. The topological polar surface area (TPSA) is 35.9 Å². The van der Waals surface area contributed by atoms with Gasteiger partial charge in [0.1, 0.15) is 0 Å². The number of likely N-dealkylation sites (N-methyl/N-ethyl adjacent to an activating group) is 1. The van der Waals surface area contributed by atoms with Crippen LogP contribution in [0.1, 0.15) is 12.5 Å². The summed E-state index contributed by atoms with van der Waals surface area (Å²) in [6.45, 7) is 9.31. The van der Waals surface area contributed by atoms with E-state index in [2.05, 4.69) is 16.7 Å². The average Bonchev–Trinajstić information content (AvgIpc) is 2.49. The van der Waals surface area contributed by atoms with Crippen molar-refractivity contribution >= 4 is 12.4 Å². The molecule has 1 aliphatic heterocycles. The molecule has 2 rings (SSSR count). The van der Waals surface area contributed by atoms with Gasteiger partial charge in [-0.2, -0.15) is 0 Å². The molecule has 0 saturated carbocycles. The van der Waals surface area contributed by atoms with Crippen LogP contribution in [0.3, 0.4) is 0 Å². The molecule has 0 spiro atoms. The maximum absolute atomic E-state index is 10.0. The van der Waals surface area contributed by atoms with Gasteiger partial charge in [0.25, 0.3) is 0 Å². The van der Waals surface area contributed by atoms with E-state index in [-0.39, 0.29) is 12.4 Å². The molecule has 0 aromatic heterocycles. The number of aliphatic hydroxyl groups excluding tert-OH is 1. The zero-order chi connectivity index (χ0) is 14.2. The summed E-state index contributed by atoms with van der Waals surface area (Å²) in [6.07, 6.45) is -0.396. The van der Waals surface area contributed by atoms with Crippen LogP contribution in [0.2, 0.25) is 0 Å². The van der Waals surface area contributed by atoms with Crippen LogP contribution in [0.15, 0.2) is 30.3 Å². The van der Waals surface area contributed by atoms with Crippen LogP contribution in [0.4, 0.5) is 0 Å². The highest BCUT2D eigenvalue weighted by molar-refractivity contribution is 5.85. The standard InChI is InChI=1S/C16H26N2O2.ClH/c1-2-17-8-10-18(11-9-17)12-16(19)14-20-13-15-6-4-3-5-7-15;/h3-7,16,19H,2,8-14H2,1H3;1H. The van der Waals surface area contributed by atoms with Gasteiger partial charge in [0, 0.05) is 32.7 Å². The van der Waals surface area contributed by atoms with Crippen LogP contribution in [0.25, 0.3) is 0 Å². The quantitative estimate of drug-likeness (QED) is 0.830. The highest BCUT2D eigenvalue weighted by Gasteiger charge is 2.18. The van der Waals surface area contributed by atoms with E-state index in [0.717, 1.165) is 38.3 Å². The second-order valence-electron chi connectivity index (χ2n) is 5.39. The number of hydrogen-bond donors (Lipinski definition) is 1.